The van der Waals surface area contributed by atoms with Crippen LogP contribution in [0.2, 0.25) is 0 Å². The summed E-state index contributed by atoms with van der Waals surface area (Å²) in [5.74, 6) is -1.36. The number of rotatable bonds is 7. The van der Waals surface area contributed by atoms with Crippen molar-refractivity contribution in [3.63, 3.8) is 0 Å². The highest BCUT2D eigenvalue weighted by atomic mass is 79.9. The number of carbonyl (C=O) groups is 1. The van der Waals surface area contributed by atoms with Crippen LogP contribution in [0.1, 0.15) is 10.5 Å². The maximum atomic E-state index is 13.8. The molecule has 0 atom stereocenters. The van der Waals surface area contributed by atoms with E-state index in [1.807, 2.05) is 0 Å². The minimum Gasteiger partial charge on any atom is -0.385 e. The monoisotopic (exact) mass is 430 g/mol. The van der Waals surface area contributed by atoms with Gasteiger partial charge in [0.2, 0.25) is 0 Å². The van der Waals surface area contributed by atoms with Crippen LogP contribution < -0.4 is 11.1 Å². The minimum absolute atomic E-state index is 0.162. The lowest BCUT2D eigenvalue weighted by Gasteiger charge is -2.07. The van der Waals surface area contributed by atoms with Crippen LogP contribution in [0.25, 0.3) is 0 Å². The number of carbonyl (C=O) groups excluding carboxylic acids is 1. The van der Waals surface area contributed by atoms with E-state index in [4.69, 9.17) is 5.73 Å². The summed E-state index contributed by atoms with van der Waals surface area (Å²) >= 11 is 3.21. The lowest BCUT2D eigenvalue weighted by molar-refractivity contribution is 0.0322. The van der Waals surface area contributed by atoms with E-state index < -0.39 is 24.8 Å². The Balaban J connectivity index is 2.08. The van der Waals surface area contributed by atoms with Gasteiger partial charge >= 0.3 is 0 Å². The number of nitrogens with zero attached hydrogens (tertiary/aromatic N) is 2. The van der Waals surface area contributed by atoms with Gasteiger partial charge in [-0.05, 0) is 46.3 Å². The predicted molar refractivity (Wildman–Crippen MR) is 94.4 cm³/mol. The fraction of sp³-hybridized carbons (Fsp3) is 0.188. The quantitative estimate of drug-likeness (QED) is 0.519. The number of nitrogens with two attached hydrogens (primary N) is 1. The van der Waals surface area contributed by atoms with Crippen LogP contribution in [-0.2, 0) is 4.74 Å². The van der Waals surface area contributed by atoms with Crippen LogP contribution in [0, 0.1) is 5.82 Å². The Morgan fingerprint density at radius 3 is 2.77 bits per heavy atom. The van der Waals surface area contributed by atoms with E-state index in [-0.39, 0.29) is 29.5 Å². The van der Waals surface area contributed by atoms with Gasteiger partial charge in [0.05, 0.1) is 0 Å². The van der Waals surface area contributed by atoms with Gasteiger partial charge in [-0.2, -0.15) is 0 Å². The van der Waals surface area contributed by atoms with Crippen molar-refractivity contribution in [3.05, 3.63) is 52.5 Å². The number of amides is 1. The number of aliphatic imine (C=N–C) groups is 1. The number of alkyl halides is 2. The van der Waals surface area contributed by atoms with E-state index >= 15 is 0 Å². The number of halogens is 4. The average Bonchev–Trinajstić information content (AvgIpc) is 2.58. The zero-order valence-corrected chi connectivity index (χ0v) is 14.8. The number of anilines is 1. The molecule has 0 saturated carbocycles. The van der Waals surface area contributed by atoms with Crippen LogP contribution in [0.3, 0.4) is 0 Å². The maximum Gasteiger partial charge on any atom is 0.274 e. The smallest absolute Gasteiger partial charge is 0.274 e. The number of amidine groups is 1. The molecule has 0 aliphatic carbocycles. The Morgan fingerprint density at radius 1 is 1.35 bits per heavy atom. The number of hydrogen-bond donors (Lipinski definition) is 2. The van der Waals surface area contributed by atoms with Gasteiger partial charge in [0.1, 0.15) is 36.2 Å². The van der Waals surface area contributed by atoms with E-state index in [1.165, 1.54) is 24.4 Å². The number of pyridine rings is 1. The molecule has 0 fully saturated rings. The van der Waals surface area contributed by atoms with Gasteiger partial charge in [-0.25, -0.2) is 23.1 Å². The molecule has 10 heteroatoms. The molecule has 138 valence electrons. The van der Waals surface area contributed by atoms with Crippen LogP contribution in [0.5, 0.6) is 0 Å². The molecule has 0 aliphatic heterocycles. The molecule has 1 amide bonds. The summed E-state index contributed by atoms with van der Waals surface area (Å²) in [6.45, 7) is -1.17. The van der Waals surface area contributed by atoms with Gasteiger partial charge in [-0.1, -0.05) is 0 Å². The third-order valence-corrected chi connectivity index (χ3v) is 3.39. The Hall–Kier alpha value is -2.46. The largest absolute Gasteiger partial charge is 0.385 e. The van der Waals surface area contributed by atoms with Gasteiger partial charge in [-0.15, -0.1) is 0 Å². The summed E-state index contributed by atoms with van der Waals surface area (Å²) < 4.78 is 43.2. The standard InChI is InChI=1S/C16H14BrF3N4O2/c17-9-1-4-12(22-6-9)16(25)23-10-2-3-11(18)13(5-10)24-15(21)8-26-7-14(19)20/h1-6,14H,7-8H2,(H2,21,24)(H,23,25). The zero-order chi connectivity index (χ0) is 19.1. The first-order valence-corrected chi connectivity index (χ1v) is 8.06. The number of aromatic nitrogens is 1. The molecule has 0 aliphatic rings. The van der Waals surface area contributed by atoms with E-state index in [1.54, 1.807) is 6.07 Å². The fourth-order valence-electron chi connectivity index (χ4n) is 1.82. The molecular weight excluding hydrogens is 417 g/mol. The van der Waals surface area contributed by atoms with Gasteiger partial charge in [-0.3, -0.25) is 4.79 Å². The van der Waals surface area contributed by atoms with Crippen LogP contribution in [-0.4, -0.2) is 36.4 Å². The lowest BCUT2D eigenvalue weighted by Crippen LogP contribution is -2.20. The molecule has 1 aromatic heterocycles. The van der Waals surface area contributed by atoms with Crippen molar-refractivity contribution in [3.8, 4) is 0 Å². The molecule has 0 radical (unpaired) electrons. The second kappa shape index (κ2) is 9.30. The summed E-state index contributed by atoms with van der Waals surface area (Å²) in [7, 11) is 0. The number of hydrogen-bond acceptors (Lipinski definition) is 4. The molecule has 0 spiro atoms. The molecule has 0 unspecified atom stereocenters. The second-order valence-electron chi connectivity index (χ2n) is 4.99. The number of ether oxygens (including phenoxy) is 1. The minimum atomic E-state index is -2.63. The van der Waals surface area contributed by atoms with Crippen molar-refractivity contribution in [2.24, 2.45) is 10.7 Å². The highest BCUT2D eigenvalue weighted by molar-refractivity contribution is 9.10. The second-order valence-corrected chi connectivity index (χ2v) is 5.91. The third kappa shape index (κ3) is 6.12. The molecule has 6 nitrogen and oxygen atoms in total. The first-order chi connectivity index (χ1) is 12.3. The maximum absolute atomic E-state index is 13.8. The first kappa shape index (κ1) is 19.9. The van der Waals surface area contributed by atoms with Crippen LogP contribution >= 0.6 is 15.9 Å². The third-order valence-electron chi connectivity index (χ3n) is 2.92. The summed E-state index contributed by atoms with van der Waals surface area (Å²) in [5.41, 5.74) is 5.80. The van der Waals surface area contributed by atoms with E-state index in [2.05, 4.69) is 36.0 Å². The Kier molecular flexibility index (Phi) is 7.10. The molecule has 3 N–H and O–H groups in total. The molecule has 2 aromatic rings. The zero-order valence-electron chi connectivity index (χ0n) is 13.3. The molecular formula is C16H14BrF3N4O2. The topological polar surface area (TPSA) is 89.6 Å². The Labute approximate surface area is 155 Å². The van der Waals surface area contributed by atoms with E-state index in [0.29, 0.717) is 0 Å². The predicted octanol–water partition coefficient (Wildman–Crippen LogP) is 3.51. The molecule has 26 heavy (non-hydrogen) atoms. The summed E-state index contributed by atoms with van der Waals surface area (Å²) in [6, 6.07) is 6.86. The van der Waals surface area contributed by atoms with Gasteiger partial charge in [0.25, 0.3) is 12.3 Å². The van der Waals surface area contributed by atoms with Crippen molar-refractivity contribution in [2.45, 2.75) is 6.43 Å². The Bertz CT molecular complexity index is 801. The van der Waals surface area contributed by atoms with Crippen molar-refractivity contribution in [1.29, 1.82) is 0 Å². The average molecular weight is 431 g/mol. The van der Waals surface area contributed by atoms with E-state index in [9.17, 15) is 18.0 Å². The lowest BCUT2D eigenvalue weighted by atomic mass is 10.2. The van der Waals surface area contributed by atoms with Gasteiger partial charge in [0.15, 0.2) is 0 Å². The molecule has 2 rings (SSSR count). The Morgan fingerprint density at radius 2 is 2.12 bits per heavy atom. The highest BCUT2D eigenvalue weighted by Gasteiger charge is 2.10. The molecule has 1 aromatic carbocycles. The van der Waals surface area contributed by atoms with Crippen molar-refractivity contribution in [2.75, 3.05) is 18.5 Å². The highest BCUT2D eigenvalue weighted by Crippen LogP contribution is 2.23. The van der Waals surface area contributed by atoms with Crippen molar-refractivity contribution >= 4 is 39.0 Å². The van der Waals surface area contributed by atoms with Gasteiger partial charge < -0.3 is 15.8 Å². The first-order valence-electron chi connectivity index (χ1n) is 7.26. The molecule has 1 heterocycles. The summed E-state index contributed by atoms with van der Waals surface area (Å²) in [5, 5.41) is 2.55. The fourth-order valence-corrected chi connectivity index (χ4v) is 2.06. The van der Waals surface area contributed by atoms with E-state index in [0.717, 1.165) is 10.5 Å². The summed E-state index contributed by atoms with van der Waals surface area (Å²) in [4.78, 5) is 19.9. The van der Waals surface area contributed by atoms with Crippen molar-refractivity contribution < 1.29 is 22.7 Å². The normalized spacial score (nSPS) is 11.7. The summed E-state index contributed by atoms with van der Waals surface area (Å²) in [6.07, 6.45) is -1.17. The number of nitrogens with one attached hydrogen (secondary N) is 1. The van der Waals surface area contributed by atoms with Gasteiger partial charge in [0, 0.05) is 16.4 Å². The molecule has 0 saturated heterocycles. The van der Waals surface area contributed by atoms with Crippen molar-refractivity contribution in [1.82, 2.24) is 4.98 Å². The van der Waals surface area contributed by atoms with Crippen LogP contribution in [0.15, 0.2) is 46.0 Å². The van der Waals surface area contributed by atoms with Crippen LogP contribution in [0.4, 0.5) is 24.5 Å². The SMILES string of the molecule is NC(COCC(F)F)=Nc1cc(NC(=O)c2ccc(Br)cn2)ccc1F. The number of benzene rings is 1. The molecule has 0 bridgehead atoms.